The lowest BCUT2D eigenvalue weighted by molar-refractivity contribution is 0.601. The third-order valence-electron chi connectivity index (χ3n) is 2.04. The van der Waals surface area contributed by atoms with Gasteiger partial charge >= 0.3 is 0 Å². The van der Waals surface area contributed by atoms with E-state index in [9.17, 15) is 8.42 Å². The van der Waals surface area contributed by atoms with Crippen molar-refractivity contribution in [2.24, 2.45) is 0 Å². The predicted octanol–water partition coefficient (Wildman–Crippen LogP) is 3.21. The highest BCUT2D eigenvalue weighted by Gasteiger charge is 2.10. The van der Waals surface area contributed by atoms with Gasteiger partial charge in [0.05, 0.1) is 5.75 Å². The Morgan fingerprint density at radius 1 is 1.40 bits per heavy atom. The molecule has 2 rings (SSSR count). The van der Waals surface area contributed by atoms with Crippen molar-refractivity contribution in [2.45, 2.75) is 5.75 Å². The molecule has 0 saturated carbocycles. The van der Waals surface area contributed by atoms with Crippen LogP contribution in [0.25, 0.3) is 10.1 Å². The van der Waals surface area contributed by atoms with E-state index in [1.165, 1.54) is 6.26 Å². The smallest absolute Gasteiger partial charge is 0.151 e. The van der Waals surface area contributed by atoms with E-state index in [0.29, 0.717) is 0 Å². The maximum Gasteiger partial charge on any atom is 0.151 e. The normalized spacial score (nSPS) is 12.1. The zero-order valence-electron chi connectivity index (χ0n) is 8.03. The zero-order chi connectivity index (χ0) is 11.1. The molecule has 0 atom stereocenters. The Kier molecular flexibility index (Phi) is 2.87. The van der Waals surface area contributed by atoms with Crippen LogP contribution < -0.4 is 0 Å². The summed E-state index contributed by atoms with van der Waals surface area (Å²) < 4.78 is 24.5. The summed E-state index contributed by atoms with van der Waals surface area (Å²) in [5.74, 6) is 0.120. The average molecular weight is 305 g/mol. The Balaban J connectivity index is 2.55. The minimum Gasteiger partial charge on any atom is -0.229 e. The average Bonchev–Trinajstić information content (AvgIpc) is 2.45. The first kappa shape index (κ1) is 11.1. The molecule has 0 aliphatic rings. The summed E-state index contributed by atoms with van der Waals surface area (Å²) in [5, 5.41) is 2.95. The molecule has 0 fully saturated rings. The van der Waals surface area contributed by atoms with E-state index >= 15 is 0 Å². The standard InChI is InChI=1S/C10H9BrO2S2/c1-15(12,13)6-7-5-14-10-4-8(11)2-3-9(7)10/h2-5H,6H2,1H3. The summed E-state index contributed by atoms with van der Waals surface area (Å²) >= 11 is 4.97. The molecule has 2 aromatic rings. The van der Waals surface area contributed by atoms with Gasteiger partial charge in [0.1, 0.15) is 0 Å². The van der Waals surface area contributed by atoms with Gasteiger partial charge in [-0.05, 0) is 28.5 Å². The monoisotopic (exact) mass is 304 g/mol. The Labute approximate surface area is 101 Å². The Bertz CT molecular complexity index is 599. The van der Waals surface area contributed by atoms with Crippen LogP contribution in [0.15, 0.2) is 28.1 Å². The molecule has 0 spiro atoms. The molecular weight excluding hydrogens is 296 g/mol. The fourth-order valence-corrected chi connectivity index (χ4v) is 3.87. The van der Waals surface area contributed by atoms with Crippen molar-refractivity contribution in [1.82, 2.24) is 0 Å². The van der Waals surface area contributed by atoms with Crippen molar-refractivity contribution in [3.8, 4) is 0 Å². The second kappa shape index (κ2) is 3.88. The number of benzene rings is 1. The van der Waals surface area contributed by atoms with Crippen LogP contribution in [0.4, 0.5) is 0 Å². The topological polar surface area (TPSA) is 34.1 Å². The number of sulfone groups is 1. The highest BCUT2D eigenvalue weighted by atomic mass is 79.9. The van der Waals surface area contributed by atoms with Crippen LogP contribution in [-0.2, 0) is 15.6 Å². The molecule has 0 aliphatic heterocycles. The van der Waals surface area contributed by atoms with Gasteiger partial charge in [-0.2, -0.15) is 0 Å². The first-order valence-electron chi connectivity index (χ1n) is 4.29. The maximum atomic E-state index is 11.2. The first-order valence-corrected chi connectivity index (χ1v) is 8.02. The summed E-state index contributed by atoms with van der Waals surface area (Å²) in [6.45, 7) is 0. The van der Waals surface area contributed by atoms with Crippen LogP contribution >= 0.6 is 27.3 Å². The molecule has 2 nitrogen and oxygen atoms in total. The summed E-state index contributed by atoms with van der Waals surface area (Å²) in [5.41, 5.74) is 0.894. The molecule has 5 heteroatoms. The SMILES string of the molecule is CS(=O)(=O)Cc1csc2cc(Br)ccc12. The van der Waals surface area contributed by atoms with Gasteiger partial charge in [-0.1, -0.05) is 22.0 Å². The van der Waals surface area contributed by atoms with E-state index in [2.05, 4.69) is 15.9 Å². The fourth-order valence-electron chi connectivity index (χ4n) is 1.45. The number of hydrogen-bond acceptors (Lipinski definition) is 3. The number of thiophene rings is 1. The first-order chi connectivity index (χ1) is 6.96. The number of halogens is 1. The molecule has 80 valence electrons. The van der Waals surface area contributed by atoms with Gasteiger partial charge in [-0.15, -0.1) is 11.3 Å². The van der Waals surface area contributed by atoms with E-state index in [-0.39, 0.29) is 5.75 Å². The fraction of sp³-hybridized carbons (Fsp3) is 0.200. The van der Waals surface area contributed by atoms with Gasteiger partial charge in [-0.3, -0.25) is 0 Å². The number of hydrogen-bond donors (Lipinski definition) is 0. The lowest BCUT2D eigenvalue weighted by Crippen LogP contribution is -1.99. The molecule has 1 aromatic carbocycles. The largest absolute Gasteiger partial charge is 0.229 e. The molecule has 0 unspecified atom stereocenters. The van der Waals surface area contributed by atoms with E-state index in [4.69, 9.17) is 0 Å². The minimum atomic E-state index is -2.95. The lowest BCUT2D eigenvalue weighted by Gasteiger charge is -1.97. The Morgan fingerprint density at radius 2 is 2.13 bits per heavy atom. The Hall–Kier alpha value is -0.390. The molecule has 1 aromatic heterocycles. The van der Waals surface area contributed by atoms with Gasteiger partial charge in [0, 0.05) is 15.4 Å². The molecule has 15 heavy (non-hydrogen) atoms. The summed E-state index contributed by atoms with van der Waals surface area (Å²) in [6, 6.07) is 5.89. The van der Waals surface area contributed by atoms with Crippen LogP contribution in [0.1, 0.15) is 5.56 Å². The summed E-state index contributed by atoms with van der Waals surface area (Å²) in [4.78, 5) is 0. The highest BCUT2D eigenvalue weighted by Crippen LogP contribution is 2.29. The van der Waals surface area contributed by atoms with Crippen molar-refractivity contribution in [3.63, 3.8) is 0 Å². The third-order valence-corrected chi connectivity index (χ3v) is 4.36. The van der Waals surface area contributed by atoms with Gasteiger partial charge in [0.2, 0.25) is 0 Å². The molecule has 0 aliphatic carbocycles. The second-order valence-electron chi connectivity index (χ2n) is 3.47. The van der Waals surface area contributed by atoms with E-state index in [0.717, 1.165) is 20.1 Å². The molecule has 0 N–H and O–H groups in total. The molecule has 0 saturated heterocycles. The van der Waals surface area contributed by atoms with Crippen molar-refractivity contribution in [1.29, 1.82) is 0 Å². The summed E-state index contributed by atoms with van der Waals surface area (Å²) in [6.07, 6.45) is 1.26. The van der Waals surface area contributed by atoms with Crippen LogP contribution in [0.5, 0.6) is 0 Å². The van der Waals surface area contributed by atoms with Crippen LogP contribution in [-0.4, -0.2) is 14.7 Å². The lowest BCUT2D eigenvalue weighted by atomic mass is 10.2. The van der Waals surface area contributed by atoms with Crippen LogP contribution in [0.3, 0.4) is 0 Å². The van der Waals surface area contributed by atoms with Gasteiger partial charge < -0.3 is 0 Å². The Morgan fingerprint density at radius 3 is 2.80 bits per heavy atom. The molecular formula is C10H9BrO2S2. The van der Waals surface area contributed by atoms with Gasteiger partial charge in [-0.25, -0.2) is 8.42 Å². The van der Waals surface area contributed by atoms with E-state index in [1.807, 2.05) is 23.6 Å². The van der Waals surface area contributed by atoms with Crippen molar-refractivity contribution in [3.05, 3.63) is 33.6 Å². The highest BCUT2D eigenvalue weighted by molar-refractivity contribution is 9.10. The van der Waals surface area contributed by atoms with Crippen molar-refractivity contribution < 1.29 is 8.42 Å². The number of rotatable bonds is 2. The second-order valence-corrected chi connectivity index (χ2v) is 7.44. The predicted molar refractivity (Wildman–Crippen MR) is 68.1 cm³/mol. The minimum absolute atomic E-state index is 0.120. The molecule has 0 amide bonds. The van der Waals surface area contributed by atoms with E-state index < -0.39 is 9.84 Å². The number of fused-ring (bicyclic) bond motifs is 1. The van der Waals surface area contributed by atoms with E-state index in [1.54, 1.807) is 11.3 Å². The quantitative estimate of drug-likeness (QED) is 0.854. The molecule has 1 heterocycles. The molecule has 0 radical (unpaired) electrons. The zero-order valence-corrected chi connectivity index (χ0v) is 11.2. The van der Waals surface area contributed by atoms with Crippen LogP contribution in [0, 0.1) is 0 Å². The maximum absolute atomic E-state index is 11.2. The van der Waals surface area contributed by atoms with Crippen molar-refractivity contribution >= 4 is 47.2 Å². The van der Waals surface area contributed by atoms with Crippen molar-refractivity contribution in [2.75, 3.05) is 6.26 Å². The molecule has 0 bridgehead atoms. The third kappa shape index (κ3) is 2.59. The summed E-state index contributed by atoms with van der Waals surface area (Å²) in [7, 11) is -2.95. The van der Waals surface area contributed by atoms with Gasteiger partial charge in [0.15, 0.2) is 9.84 Å². The van der Waals surface area contributed by atoms with Gasteiger partial charge in [0.25, 0.3) is 0 Å². The van der Waals surface area contributed by atoms with Crippen LogP contribution in [0.2, 0.25) is 0 Å².